The molecule has 0 bridgehead atoms. The highest BCUT2D eigenvalue weighted by molar-refractivity contribution is 5.33. The molecule has 2 rings (SSSR count). The molecule has 1 fully saturated rings. The summed E-state index contributed by atoms with van der Waals surface area (Å²) in [5, 5.41) is 3.46. The summed E-state index contributed by atoms with van der Waals surface area (Å²) in [5.41, 5.74) is 1.25. The number of para-hydroxylation sites is 1. The first-order valence-electron chi connectivity index (χ1n) is 8.35. The van der Waals surface area contributed by atoms with Gasteiger partial charge in [-0.1, -0.05) is 39.0 Å². The number of hydrogen-bond acceptors (Lipinski definition) is 3. The number of benzene rings is 1. The predicted molar refractivity (Wildman–Crippen MR) is 88.8 cm³/mol. The van der Waals surface area contributed by atoms with Gasteiger partial charge >= 0.3 is 0 Å². The van der Waals surface area contributed by atoms with Crippen LogP contribution in [-0.4, -0.2) is 37.2 Å². The van der Waals surface area contributed by atoms with E-state index in [1.54, 1.807) is 0 Å². The minimum Gasteiger partial charge on any atom is -0.492 e. The van der Waals surface area contributed by atoms with Gasteiger partial charge in [0.05, 0.1) is 0 Å². The van der Waals surface area contributed by atoms with Crippen molar-refractivity contribution in [3.63, 3.8) is 0 Å². The van der Waals surface area contributed by atoms with Crippen molar-refractivity contribution in [2.45, 2.75) is 46.2 Å². The van der Waals surface area contributed by atoms with E-state index >= 15 is 0 Å². The van der Waals surface area contributed by atoms with Gasteiger partial charge < -0.3 is 10.1 Å². The van der Waals surface area contributed by atoms with E-state index in [2.05, 4.69) is 55.3 Å². The van der Waals surface area contributed by atoms with E-state index in [1.165, 1.54) is 24.9 Å². The van der Waals surface area contributed by atoms with Gasteiger partial charge in [-0.25, -0.2) is 0 Å². The van der Waals surface area contributed by atoms with E-state index in [-0.39, 0.29) is 0 Å². The van der Waals surface area contributed by atoms with Gasteiger partial charge in [0.1, 0.15) is 12.4 Å². The van der Waals surface area contributed by atoms with E-state index < -0.39 is 0 Å². The van der Waals surface area contributed by atoms with Crippen molar-refractivity contribution in [3.05, 3.63) is 29.8 Å². The molecular formula is C18H30N2O. The number of likely N-dealkylation sites (N-methyl/N-ethyl adjacent to an activating group) is 1. The SMILES string of the molecule is CCN(CCOc1ccccc1CNC(C)C)CC1CC1. The molecule has 1 aliphatic carbocycles. The van der Waals surface area contributed by atoms with Crippen LogP contribution in [0, 0.1) is 5.92 Å². The molecule has 1 N–H and O–H groups in total. The molecule has 0 aromatic heterocycles. The van der Waals surface area contributed by atoms with Gasteiger partial charge in [0, 0.05) is 31.2 Å². The lowest BCUT2D eigenvalue weighted by Crippen LogP contribution is -2.30. The Morgan fingerprint density at radius 2 is 2.05 bits per heavy atom. The van der Waals surface area contributed by atoms with Crippen molar-refractivity contribution >= 4 is 0 Å². The van der Waals surface area contributed by atoms with Crippen LogP contribution in [0.25, 0.3) is 0 Å². The molecule has 0 unspecified atom stereocenters. The van der Waals surface area contributed by atoms with Crippen LogP contribution in [0.5, 0.6) is 5.75 Å². The fraction of sp³-hybridized carbons (Fsp3) is 0.667. The van der Waals surface area contributed by atoms with Crippen LogP contribution in [0.1, 0.15) is 39.2 Å². The molecule has 3 nitrogen and oxygen atoms in total. The molecule has 0 spiro atoms. The first-order valence-corrected chi connectivity index (χ1v) is 8.35. The summed E-state index contributed by atoms with van der Waals surface area (Å²) < 4.78 is 6.02. The first-order chi connectivity index (χ1) is 10.2. The summed E-state index contributed by atoms with van der Waals surface area (Å²) in [7, 11) is 0. The molecule has 0 radical (unpaired) electrons. The molecular weight excluding hydrogens is 260 g/mol. The minimum atomic E-state index is 0.493. The van der Waals surface area contributed by atoms with Gasteiger partial charge in [-0.15, -0.1) is 0 Å². The molecule has 3 heteroatoms. The Labute approximate surface area is 129 Å². The van der Waals surface area contributed by atoms with Crippen LogP contribution < -0.4 is 10.1 Å². The molecule has 0 saturated heterocycles. The number of nitrogens with one attached hydrogen (secondary N) is 1. The van der Waals surface area contributed by atoms with Crippen LogP contribution >= 0.6 is 0 Å². The van der Waals surface area contributed by atoms with Crippen molar-refractivity contribution in [1.82, 2.24) is 10.2 Å². The molecule has 1 aromatic rings. The number of ether oxygens (including phenoxy) is 1. The maximum atomic E-state index is 6.02. The highest BCUT2D eigenvalue weighted by atomic mass is 16.5. The second-order valence-corrected chi connectivity index (χ2v) is 6.33. The van der Waals surface area contributed by atoms with E-state index in [4.69, 9.17) is 4.74 Å². The van der Waals surface area contributed by atoms with Crippen molar-refractivity contribution < 1.29 is 4.74 Å². The van der Waals surface area contributed by atoms with Crippen LogP contribution in [0.3, 0.4) is 0 Å². The lowest BCUT2D eigenvalue weighted by Gasteiger charge is -2.21. The number of hydrogen-bond donors (Lipinski definition) is 1. The topological polar surface area (TPSA) is 24.5 Å². The molecule has 1 saturated carbocycles. The van der Waals surface area contributed by atoms with E-state index in [1.807, 2.05) is 0 Å². The second-order valence-electron chi connectivity index (χ2n) is 6.33. The third-order valence-corrected chi connectivity index (χ3v) is 4.00. The highest BCUT2D eigenvalue weighted by Crippen LogP contribution is 2.29. The fourth-order valence-electron chi connectivity index (χ4n) is 2.43. The predicted octanol–water partition coefficient (Wildman–Crippen LogP) is 3.30. The summed E-state index contributed by atoms with van der Waals surface area (Å²) in [6, 6.07) is 8.85. The maximum Gasteiger partial charge on any atom is 0.123 e. The van der Waals surface area contributed by atoms with Crippen LogP contribution in [-0.2, 0) is 6.54 Å². The lowest BCUT2D eigenvalue weighted by molar-refractivity contribution is 0.209. The molecule has 0 aliphatic heterocycles. The summed E-state index contributed by atoms with van der Waals surface area (Å²) in [6.07, 6.45) is 2.84. The van der Waals surface area contributed by atoms with E-state index in [9.17, 15) is 0 Å². The molecule has 1 aliphatic rings. The molecule has 0 heterocycles. The van der Waals surface area contributed by atoms with E-state index in [0.717, 1.165) is 37.9 Å². The Kier molecular flexibility index (Phi) is 6.52. The maximum absolute atomic E-state index is 6.02. The zero-order valence-electron chi connectivity index (χ0n) is 13.8. The molecule has 1 aromatic carbocycles. The van der Waals surface area contributed by atoms with Crippen molar-refractivity contribution in [2.75, 3.05) is 26.2 Å². The Balaban J connectivity index is 1.78. The average Bonchev–Trinajstić information content (AvgIpc) is 3.29. The number of rotatable bonds is 10. The summed E-state index contributed by atoms with van der Waals surface area (Å²) in [5.74, 6) is 1.97. The largest absolute Gasteiger partial charge is 0.492 e. The minimum absolute atomic E-state index is 0.493. The monoisotopic (exact) mass is 290 g/mol. The fourth-order valence-corrected chi connectivity index (χ4v) is 2.43. The molecule has 21 heavy (non-hydrogen) atoms. The highest BCUT2D eigenvalue weighted by Gasteiger charge is 2.23. The van der Waals surface area contributed by atoms with Gasteiger partial charge in [0.25, 0.3) is 0 Å². The number of nitrogens with zero attached hydrogens (tertiary/aromatic N) is 1. The second kappa shape index (κ2) is 8.40. The Morgan fingerprint density at radius 3 is 2.71 bits per heavy atom. The van der Waals surface area contributed by atoms with Gasteiger partial charge in [-0.3, -0.25) is 4.90 Å². The quantitative estimate of drug-likeness (QED) is 0.715. The van der Waals surface area contributed by atoms with Crippen molar-refractivity contribution in [1.29, 1.82) is 0 Å². The first kappa shape index (κ1) is 16.3. The molecule has 118 valence electrons. The Bertz CT molecular complexity index is 415. The third-order valence-electron chi connectivity index (χ3n) is 4.00. The third kappa shape index (κ3) is 6.06. The summed E-state index contributed by atoms with van der Waals surface area (Å²) in [6.45, 7) is 11.6. The van der Waals surface area contributed by atoms with Crippen LogP contribution in [0.2, 0.25) is 0 Å². The van der Waals surface area contributed by atoms with Gasteiger partial charge in [0.2, 0.25) is 0 Å². The summed E-state index contributed by atoms with van der Waals surface area (Å²) >= 11 is 0. The van der Waals surface area contributed by atoms with Crippen molar-refractivity contribution in [2.24, 2.45) is 5.92 Å². The summed E-state index contributed by atoms with van der Waals surface area (Å²) in [4.78, 5) is 2.51. The zero-order valence-corrected chi connectivity index (χ0v) is 13.8. The lowest BCUT2D eigenvalue weighted by atomic mass is 10.2. The van der Waals surface area contributed by atoms with Gasteiger partial charge in [-0.05, 0) is 31.4 Å². The normalized spacial score (nSPS) is 14.9. The van der Waals surface area contributed by atoms with Crippen LogP contribution in [0.15, 0.2) is 24.3 Å². The zero-order chi connectivity index (χ0) is 15.1. The molecule has 0 atom stereocenters. The van der Waals surface area contributed by atoms with Crippen LogP contribution in [0.4, 0.5) is 0 Å². The van der Waals surface area contributed by atoms with Gasteiger partial charge in [-0.2, -0.15) is 0 Å². The Morgan fingerprint density at radius 1 is 1.29 bits per heavy atom. The van der Waals surface area contributed by atoms with Crippen molar-refractivity contribution in [3.8, 4) is 5.75 Å². The van der Waals surface area contributed by atoms with E-state index in [0.29, 0.717) is 6.04 Å². The smallest absolute Gasteiger partial charge is 0.123 e. The standard InChI is InChI=1S/C18H30N2O/c1-4-20(14-16-9-10-16)11-12-21-18-8-6-5-7-17(18)13-19-15(2)3/h5-8,15-16,19H,4,9-14H2,1-3H3. The van der Waals surface area contributed by atoms with Gasteiger partial charge in [0.15, 0.2) is 0 Å². The Hall–Kier alpha value is -1.06. The average molecular weight is 290 g/mol. The molecule has 0 amide bonds.